The molecule has 4 nitrogen and oxygen atoms in total. The molecule has 0 spiro atoms. The first-order chi connectivity index (χ1) is 7.58. The van der Waals surface area contributed by atoms with Crippen LogP contribution in [0, 0.1) is 5.92 Å². The van der Waals surface area contributed by atoms with Gasteiger partial charge in [0.05, 0.1) is 6.04 Å². The van der Waals surface area contributed by atoms with Crippen molar-refractivity contribution in [2.45, 2.75) is 50.7 Å². The Bertz CT molecular complexity index is 253. The van der Waals surface area contributed by atoms with Crippen LogP contribution in [0.3, 0.4) is 0 Å². The molecule has 0 aliphatic carbocycles. The third-order valence-electron chi connectivity index (χ3n) is 4.17. The Morgan fingerprint density at radius 1 is 1.44 bits per heavy atom. The molecule has 2 bridgehead atoms. The van der Waals surface area contributed by atoms with Crippen molar-refractivity contribution in [3.8, 4) is 0 Å². The number of rotatable bonds is 3. The molecule has 2 saturated heterocycles. The van der Waals surface area contributed by atoms with Gasteiger partial charge in [0.2, 0.25) is 5.91 Å². The number of fused-ring (bicyclic) bond motifs is 2. The molecule has 0 radical (unpaired) electrons. The van der Waals surface area contributed by atoms with Crippen LogP contribution < -0.4 is 11.1 Å². The van der Waals surface area contributed by atoms with E-state index in [0.29, 0.717) is 5.92 Å². The SMILES string of the molecule is C[C@@H](N)C(=O)NCC1CC2CCC(C1)N2C. The van der Waals surface area contributed by atoms with Crippen LogP contribution >= 0.6 is 0 Å². The Balaban J connectivity index is 1.78. The number of hydrogen-bond donors (Lipinski definition) is 2. The zero-order chi connectivity index (χ0) is 11.7. The molecule has 3 N–H and O–H groups in total. The first-order valence-corrected chi connectivity index (χ1v) is 6.33. The zero-order valence-electron chi connectivity index (χ0n) is 10.3. The molecule has 2 unspecified atom stereocenters. The van der Waals surface area contributed by atoms with Gasteiger partial charge in [0.15, 0.2) is 0 Å². The zero-order valence-corrected chi connectivity index (χ0v) is 10.3. The van der Waals surface area contributed by atoms with Crippen LogP contribution in [0.4, 0.5) is 0 Å². The number of hydrogen-bond acceptors (Lipinski definition) is 3. The summed E-state index contributed by atoms with van der Waals surface area (Å²) in [6, 6.07) is 1.11. The predicted molar refractivity (Wildman–Crippen MR) is 64.0 cm³/mol. The molecule has 92 valence electrons. The second-order valence-electron chi connectivity index (χ2n) is 5.42. The van der Waals surface area contributed by atoms with Crippen LogP contribution in [0.2, 0.25) is 0 Å². The summed E-state index contributed by atoms with van der Waals surface area (Å²) in [7, 11) is 2.24. The number of piperidine rings is 1. The van der Waals surface area contributed by atoms with Crippen LogP contribution in [-0.4, -0.2) is 42.5 Å². The molecular weight excluding hydrogens is 202 g/mol. The lowest BCUT2D eigenvalue weighted by molar-refractivity contribution is -0.122. The van der Waals surface area contributed by atoms with E-state index < -0.39 is 0 Å². The molecule has 0 saturated carbocycles. The molecule has 2 fully saturated rings. The van der Waals surface area contributed by atoms with Crippen molar-refractivity contribution in [2.75, 3.05) is 13.6 Å². The van der Waals surface area contributed by atoms with Crippen molar-refractivity contribution in [1.29, 1.82) is 0 Å². The molecule has 2 aliphatic rings. The van der Waals surface area contributed by atoms with Crippen LogP contribution in [0.1, 0.15) is 32.6 Å². The minimum absolute atomic E-state index is 0.0220. The van der Waals surface area contributed by atoms with E-state index in [2.05, 4.69) is 17.3 Å². The van der Waals surface area contributed by atoms with Crippen LogP contribution in [0.5, 0.6) is 0 Å². The summed E-state index contributed by atoms with van der Waals surface area (Å²) < 4.78 is 0. The number of nitrogens with one attached hydrogen (secondary N) is 1. The molecule has 0 aromatic heterocycles. The van der Waals surface area contributed by atoms with Gasteiger partial charge in [-0.2, -0.15) is 0 Å². The number of carbonyl (C=O) groups is 1. The van der Waals surface area contributed by atoms with Gasteiger partial charge in [0.1, 0.15) is 0 Å². The number of carbonyl (C=O) groups excluding carboxylic acids is 1. The maximum absolute atomic E-state index is 11.4. The molecule has 1 amide bonds. The van der Waals surface area contributed by atoms with Crippen molar-refractivity contribution < 1.29 is 4.79 Å². The van der Waals surface area contributed by atoms with E-state index in [-0.39, 0.29) is 11.9 Å². The van der Waals surface area contributed by atoms with Crippen LogP contribution in [0.25, 0.3) is 0 Å². The predicted octanol–water partition coefficient (Wildman–Crippen LogP) is 0.323. The molecule has 0 aromatic carbocycles. The van der Waals surface area contributed by atoms with Crippen molar-refractivity contribution in [2.24, 2.45) is 11.7 Å². The summed E-state index contributed by atoms with van der Waals surface area (Å²) >= 11 is 0. The quantitative estimate of drug-likeness (QED) is 0.727. The molecule has 2 aliphatic heterocycles. The lowest BCUT2D eigenvalue weighted by atomic mass is 9.91. The number of nitrogens with two attached hydrogens (primary N) is 1. The fraction of sp³-hybridized carbons (Fsp3) is 0.917. The molecular formula is C12H23N3O. The van der Waals surface area contributed by atoms with E-state index in [1.165, 1.54) is 25.7 Å². The van der Waals surface area contributed by atoms with Crippen molar-refractivity contribution in [1.82, 2.24) is 10.2 Å². The molecule has 0 aromatic rings. The summed E-state index contributed by atoms with van der Waals surface area (Å²) in [5.74, 6) is 0.627. The third-order valence-corrected chi connectivity index (χ3v) is 4.17. The highest BCUT2D eigenvalue weighted by Crippen LogP contribution is 2.36. The maximum atomic E-state index is 11.4. The number of nitrogens with zero attached hydrogens (tertiary/aromatic N) is 1. The normalized spacial score (nSPS) is 36.1. The maximum Gasteiger partial charge on any atom is 0.236 e. The molecule has 4 heteroatoms. The monoisotopic (exact) mass is 225 g/mol. The summed E-state index contributed by atoms with van der Waals surface area (Å²) in [6.07, 6.45) is 5.12. The molecule has 2 heterocycles. The van der Waals surface area contributed by atoms with Gasteiger partial charge in [-0.25, -0.2) is 0 Å². The Morgan fingerprint density at radius 2 is 2.00 bits per heavy atom. The van der Waals surface area contributed by atoms with Gasteiger partial charge < -0.3 is 16.0 Å². The van der Waals surface area contributed by atoms with Crippen molar-refractivity contribution >= 4 is 5.91 Å². The van der Waals surface area contributed by atoms with Gasteiger partial charge in [-0.1, -0.05) is 0 Å². The van der Waals surface area contributed by atoms with Gasteiger partial charge in [0.25, 0.3) is 0 Å². The molecule has 16 heavy (non-hydrogen) atoms. The largest absolute Gasteiger partial charge is 0.354 e. The second kappa shape index (κ2) is 4.72. The Hall–Kier alpha value is -0.610. The van der Waals surface area contributed by atoms with E-state index in [9.17, 15) is 4.79 Å². The molecule has 2 rings (SSSR count). The van der Waals surface area contributed by atoms with Crippen LogP contribution in [0.15, 0.2) is 0 Å². The third kappa shape index (κ3) is 2.38. The Kier molecular flexibility index (Phi) is 3.50. The Morgan fingerprint density at radius 3 is 2.50 bits per heavy atom. The highest BCUT2D eigenvalue weighted by Gasteiger charge is 2.38. The first-order valence-electron chi connectivity index (χ1n) is 6.33. The fourth-order valence-corrected chi connectivity index (χ4v) is 3.10. The van der Waals surface area contributed by atoms with E-state index in [0.717, 1.165) is 18.6 Å². The summed E-state index contributed by atoms with van der Waals surface area (Å²) in [6.45, 7) is 2.54. The summed E-state index contributed by atoms with van der Waals surface area (Å²) in [5, 5.41) is 2.95. The first kappa shape index (κ1) is 11.9. The highest BCUT2D eigenvalue weighted by molar-refractivity contribution is 5.80. The lowest BCUT2D eigenvalue weighted by Crippen LogP contribution is -2.45. The summed E-state index contributed by atoms with van der Waals surface area (Å²) in [4.78, 5) is 13.9. The second-order valence-corrected chi connectivity index (χ2v) is 5.42. The van der Waals surface area contributed by atoms with Crippen LogP contribution in [-0.2, 0) is 4.79 Å². The van der Waals surface area contributed by atoms with E-state index in [4.69, 9.17) is 5.73 Å². The molecule has 3 atom stereocenters. The average molecular weight is 225 g/mol. The average Bonchev–Trinajstić information content (AvgIpc) is 2.51. The van der Waals surface area contributed by atoms with Crippen molar-refractivity contribution in [3.63, 3.8) is 0 Å². The van der Waals surface area contributed by atoms with Crippen molar-refractivity contribution in [3.05, 3.63) is 0 Å². The standard InChI is InChI=1S/C12H23N3O/c1-8(13)12(16)14-7-9-5-10-3-4-11(6-9)15(10)2/h8-11H,3-7,13H2,1-2H3,(H,14,16)/t8-,9?,10?,11?/m1/s1. The minimum Gasteiger partial charge on any atom is -0.354 e. The van der Waals surface area contributed by atoms with Gasteiger partial charge in [-0.05, 0) is 45.6 Å². The minimum atomic E-state index is -0.386. The fourth-order valence-electron chi connectivity index (χ4n) is 3.10. The van der Waals surface area contributed by atoms with Gasteiger partial charge in [-0.3, -0.25) is 4.79 Å². The topological polar surface area (TPSA) is 58.4 Å². The van der Waals surface area contributed by atoms with Gasteiger partial charge in [0, 0.05) is 18.6 Å². The summed E-state index contributed by atoms with van der Waals surface area (Å²) in [5.41, 5.74) is 5.52. The smallest absolute Gasteiger partial charge is 0.236 e. The van der Waals surface area contributed by atoms with E-state index >= 15 is 0 Å². The lowest BCUT2D eigenvalue weighted by Gasteiger charge is -2.36. The Labute approximate surface area is 97.6 Å². The van der Waals surface area contributed by atoms with Gasteiger partial charge >= 0.3 is 0 Å². The van der Waals surface area contributed by atoms with E-state index in [1.807, 2.05) is 0 Å². The number of amides is 1. The van der Waals surface area contributed by atoms with E-state index in [1.54, 1.807) is 6.92 Å². The van der Waals surface area contributed by atoms with Gasteiger partial charge in [-0.15, -0.1) is 0 Å². The highest BCUT2D eigenvalue weighted by atomic mass is 16.2.